The van der Waals surface area contributed by atoms with E-state index in [4.69, 9.17) is 0 Å². The van der Waals surface area contributed by atoms with Gasteiger partial charge in [0.05, 0.1) is 17.8 Å². The summed E-state index contributed by atoms with van der Waals surface area (Å²) in [4.78, 5) is 25.1. The topological polar surface area (TPSA) is 64.3 Å². The molecule has 3 aromatic rings. The van der Waals surface area contributed by atoms with Gasteiger partial charge in [-0.15, -0.1) is 0 Å². The van der Waals surface area contributed by atoms with Crippen LogP contribution in [-0.2, 0) is 4.79 Å². The molecule has 6 nitrogen and oxygen atoms in total. The van der Waals surface area contributed by atoms with Crippen molar-refractivity contribution in [2.24, 2.45) is 0 Å². The minimum atomic E-state index is -0.308. The molecule has 0 saturated carbocycles. The summed E-state index contributed by atoms with van der Waals surface area (Å²) >= 11 is 0. The number of H-pyrrole nitrogens is 1. The molecule has 1 aliphatic rings. The number of hydrogen-bond acceptors (Lipinski definition) is 4. The van der Waals surface area contributed by atoms with E-state index in [1.807, 2.05) is 37.3 Å². The van der Waals surface area contributed by atoms with Gasteiger partial charge in [0.1, 0.15) is 5.82 Å². The first-order valence-electron chi connectivity index (χ1n) is 10.6. The molecule has 1 atom stereocenters. The highest BCUT2D eigenvalue weighted by atomic mass is 16.1. The maximum Gasteiger partial charge on any atom is 0.230 e. The fraction of sp³-hybridized carbons (Fsp3) is 0.333. The second kappa shape index (κ2) is 9.59. The van der Waals surface area contributed by atoms with E-state index in [0.717, 1.165) is 44.0 Å². The molecular formula is C24H29N5O. The van der Waals surface area contributed by atoms with Gasteiger partial charge in [0.25, 0.3) is 0 Å². The van der Waals surface area contributed by atoms with Gasteiger partial charge in [0.2, 0.25) is 5.91 Å². The summed E-state index contributed by atoms with van der Waals surface area (Å²) in [6, 6.07) is 20.6. The lowest BCUT2D eigenvalue weighted by Gasteiger charge is -2.36. The highest BCUT2D eigenvalue weighted by molar-refractivity contribution is 5.82. The molecule has 156 valence electrons. The van der Waals surface area contributed by atoms with Crippen LogP contribution in [0.15, 0.2) is 66.9 Å². The molecule has 4 rings (SSSR count). The summed E-state index contributed by atoms with van der Waals surface area (Å²) in [5.41, 5.74) is 3.28. The molecule has 1 aliphatic heterocycles. The number of rotatable bonds is 7. The SMILES string of the molecule is CC(C(=O)NCCN1CCN(c2ccccc2)CC1)c1ncc(-c2ccccc2)[nH]1. The van der Waals surface area contributed by atoms with Crippen molar-refractivity contribution < 1.29 is 4.79 Å². The monoisotopic (exact) mass is 403 g/mol. The van der Waals surface area contributed by atoms with E-state index >= 15 is 0 Å². The van der Waals surface area contributed by atoms with E-state index in [1.165, 1.54) is 5.69 Å². The third kappa shape index (κ3) is 4.89. The van der Waals surface area contributed by atoms with Crippen molar-refractivity contribution in [1.82, 2.24) is 20.2 Å². The van der Waals surface area contributed by atoms with Gasteiger partial charge in [-0.3, -0.25) is 9.69 Å². The predicted octanol–water partition coefficient (Wildman–Crippen LogP) is 3.12. The number of carbonyl (C=O) groups is 1. The number of nitrogens with zero attached hydrogens (tertiary/aromatic N) is 3. The van der Waals surface area contributed by atoms with E-state index in [1.54, 1.807) is 6.20 Å². The Kier molecular flexibility index (Phi) is 6.44. The van der Waals surface area contributed by atoms with Crippen LogP contribution in [0.25, 0.3) is 11.3 Å². The van der Waals surface area contributed by atoms with Crippen molar-refractivity contribution in [3.8, 4) is 11.3 Å². The van der Waals surface area contributed by atoms with Crippen LogP contribution in [0.1, 0.15) is 18.7 Å². The number of aromatic amines is 1. The van der Waals surface area contributed by atoms with Gasteiger partial charge in [-0.1, -0.05) is 48.5 Å². The first kappa shape index (κ1) is 20.2. The Labute approximate surface area is 177 Å². The number of imidazole rings is 1. The number of nitrogens with one attached hydrogen (secondary N) is 2. The Bertz CT molecular complexity index is 932. The number of anilines is 1. The lowest BCUT2D eigenvalue weighted by atomic mass is 10.1. The Balaban J connectivity index is 1.21. The standard InChI is InChI=1S/C24H29N5O/c1-19(23-26-18-22(27-23)20-8-4-2-5-9-20)24(30)25-12-13-28-14-16-29(17-15-28)21-10-6-3-7-11-21/h2-11,18-19H,12-17H2,1H3,(H,25,30)(H,26,27). The Morgan fingerprint density at radius 1 is 1.03 bits per heavy atom. The van der Waals surface area contributed by atoms with Crippen molar-refractivity contribution in [3.05, 3.63) is 72.7 Å². The molecule has 2 N–H and O–H groups in total. The molecule has 1 aromatic heterocycles. The van der Waals surface area contributed by atoms with Crippen molar-refractivity contribution in [3.63, 3.8) is 0 Å². The lowest BCUT2D eigenvalue weighted by molar-refractivity contribution is -0.122. The molecular weight excluding hydrogens is 374 g/mol. The molecule has 1 amide bonds. The number of benzene rings is 2. The first-order valence-corrected chi connectivity index (χ1v) is 10.6. The zero-order valence-corrected chi connectivity index (χ0v) is 17.4. The van der Waals surface area contributed by atoms with E-state index in [2.05, 4.69) is 55.4 Å². The summed E-state index contributed by atoms with van der Waals surface area (Å²) in [5.74, 6) is 0.395. The number of hydrogen-bond donors (Lipinski definition) is 2. The molecule has 1 unspecified atom stereocenters. The molecule has 2 heterocycles. The maximum atomic E-state index is 12.6. The van der Waals surface area contributed by atoms with Crippen LogP contribution in [0.4, 0.5) is 5.69 Å². The van der Waals surface area contributed by atoms with Gasteiger partial charge in [-0.2, -0.15) is 0 Å². The maximum absolute atomic E-state index is 12.6. The molecule has 30 heavy (non-hydrogen) atoms. The quantitative estimate of drug-likeness (QED) is 0.636. The fourth-order valence-electron chi connectivity index (χ4n) is 3.80. The average Bonchev–Trinajstić information content (AvgIpc) is 3.30. The van der Waals surface area contributed by atoms with Crippen LogP contribution < -0.4 is 10.2 Å². The third-order valence-corrected chi connectivity index (χ3v) is 5.70. The number of carbonyl (C=O) groups excluding carboxylic acids is 1. The molecule has 0 aliphatic carbocycles. The van der Waals surface area contributed by atoms with Crippen LogP contribution in [-0.4, -0.2) is 60.0 Å². The summed E-state index contributed by atoms with van der Waals surface area (Å²) in [7, 11) is 0. The fourth-order valence-corrected chi connectivity index (χ4v) is 3.80. The molecule has 0 radical (unpaired) electrons. The van der Waals surface area contributed by atoms with Gasteiger partial charge >= 0.3 is 0 Å². The zero-order valence-electron chi connectivity index (χ0n) is 17.4. The number of para-hydroxylation sites is 1. The second-order valence-electron chi connectivity index (χ2n) is 7.73. The summed E-state index contributed by atoms with van der Waals surface area (Å²) < 4.78 is 0. The minimum absolute atomic E-state index is 0.00637. The van der Waals surface area contributed by atoms with Crippen LogP contribution in [0.3, 0.4) is 0 Å². The van der Waals surface area contributed by atoms with E-state index in [0.29, 0.717) is 12.4 Å². The largest absolute Gasteiger partial charge is 0.369 e. The normalized spacial score (nSPS) is 15.7. The number of amides is 1. The first-order chi connectivity index (χ1) is 14.7. The molecule has 6 heteroatoms. The van der Waals surface area contributed by atoms with Crippen LogP contribution in [0.5, 0.6) is 0 Å². The number of aromatic nitrogens is 2. The van der Waals surface area contributed by atoms with Gasteiger partial charge in [0.15, 0.2) is 0 Å². The number of piperazine rings is 1. The van der Waals surface area contributed by atoms with Gasteiger partial charge in [-0.05, 0) is 24.6 Å². The van der Waals surface area contributed by atoms with E-state index in [9.17, 15) is 4.79 Å². The highest BCUT2D eigenvalue weighted by Crippen LogP contribution is 2.20. The van der Waals surface area contributed by atoms with E-state index < -0.39 is 0 Å². The summed E-state index contributed by atoms with van der Waals surface area (Å²) in [6.45, 7) is 7.47. The van der Waals surface area contributed by atoms with Crippen molar-refractivity contribution in [1.29, 1.82) is 0 Å². The molecule has 2 aromatic carbocycles. The molecule has 0 bridgehead atoms. The Morgan fingerprint density at radius 3 is 2.40 bits per heavy atom. The predicted molar refractivity (Wildman–Crippen MR) is 121 cm³/mol. The Hall–Kier alpha value is -3.12. The molecule has 1 fully saturated rings. The van der Waals surface area contributed by atoms with Crippen LogP contribution >= 0.6 is 0 Å². The van der Waals surface area contributed by atoms with Gasteiger partial charge in [-0.25, -0.2) is 4.98 Å². The second-order valence-corrected chi connectivity index (χ2v) is 7.73. The zero-order chi connectivity index (χ0) is 20.8. The van der Waals surface area contributed by atoms with Crippen LogP contribution in [0, 0.1) is 0 Å². The van der Waals surface area contributed by atoms with Crippen molar-refractivity contribution in [2.45, 2.75) is 12.8 Å². The Morgan fingerprint density at radius 2 is 1.70 bits per heavy atom. The smallest absolute Gasteiger partial charge is 0.230 e. The van der Waals surface area contributed by atoms with Gasteiger partial charge in [0, 0.05) is 45.0 Å². The van der Waals surface area contributed by atoms with Gasteiger partial charge < -0.3 is 15.2 Å². The molecule has 0 spiro atoms. The van der Waals surface area contributed by atoms with Crippen LogP contribution in [0.2, 0.25) is 0 Å². The highest BCUT2D eigenvalue weighted by Gasteiger charge is 2.20. The summed E-state index contributed by atoms with van der Waals surface area (Å²) in [6.07, 6.45) is 1.79. The average molecular weight is 404 g/mol. The molecule has 1 saturated heterocycles. The third-order valence-electron chi connectivity index (χ3n) is 5.70. The lowest BCUT2D eigenvalue weighted by Crippen LogP contribution is -2.48. The van der Waals surface area contributed by atoms with E-state index in [-0.39, 0.29) is 11.8 Å². The van der Waals surface area contributed by atoms with Crippen molar-refractivity contribution in [2.75, 3.05) is 44.2 Å². The summed E-state index contributed by atoms with van der Waals surface area (Å²) in [5, 5.41) is 3.07. The van der Waals surface area contributed by atoms with Crippen molar-refractivity contribution >= 4 is 11.6 Å². The minimum Gasteiger partial charge on any atom is -0.369 e.